The lowest BCUT2D eigenvalue weighted by atomic mass is 9.89. The second-order valence-electron chi connectivity index (χ2n) is 4.56. The van der Waals surface area contributed by atoms with Gasteiger partial charge in [-0.05, 0) is 19.4 Å². The van der Waals surface area contributed by atoms with Gasteiger partial charge in [0, 0.05) is 36.6 Å². The van der Waals surface area contributed by atoms with Gasteiger partial charge in [0.25, 0.3) is 0 Å². The summed E-state index contributed by atoms with van der Waals surface area (Å²) in [6.07, 6.45) is 5.66. The van der Waals surface area contributed by atoms with Gasteiger partial charge >= 0.3 is 0 Å². The molecule has 0 radical (unpaired) electrons. The molecule has 0 amide bonds. The quantitative estimate of drug-likeness (QED) is 0.847. The van der Waals surface area contributed by atoms with Crippen molar-refractivity contribution in [1.29, 1.82) is 0 Å². The number of nitrogens with one attached hydrogen (secondary N) is 1. The summed E-state index contributed by atoms with van der Waals surface area (Å²) in [6.45, 7) is 6.33. The lowest BCUT2D eigenvalue weighted by Gasteiger charge is -2.27. The zero-order valence-corrected chi connectivity index (χ0v) is 11.5. The topological polar surface area (TPSA) is 34.2 Å². The van der Waals surface area contributed by atoms with E-state index in [0.717, 1.165) is 26.0 Å². The Labute approximate surface area is 108 Å². The highest BCUT2D eigenvalue weighted by atomic mass is 32.1. The zero-order chi connectivity index (χ0) is 12.1. The molecular formula is C13H22N2OS. The highest BCUT2D eigenvalue weighted by Gasteiger charge is 2.33. The third-order valence-corrected chi connectivity index (χ3v) is 4.33. The molecule has 0 aliphatic carbocycles. The van der Waals surface area contributed by atoms with Crippen molar-refractivity contribution in [2.75, 3.05) is 13.2 Å². The van der Waals surface area contributed by atoms with Crippen LogP contribution in [0, 0.1) is 5.92 Å². The van der Waals surface area contributed by atoms with E-state index in [9.17, 15) is 0 Å². The van der Waals surface area contributed by atoms with Crippen LogP contribution in [-0.4, -0.2) is 30.3 Å². The minimum absolute atomic E-state index is 0.430. The highest BCUT2D eigenvalue weighted by molar-refractivity contribution is 7.09. The van der Waals surface area contributed by atoms with Crippen molar-refractivity contribution < 1.29 is 4.74 Å². The number of rotatable bonds is 6. The average molecular weight is 254 g/mol. The van der Waals surface area contributed by atoms with E-state index in [1.165, 1.54) is 11.4 Å². The van der Waals surface area contributed by atoms with Crippen LogP contribution in [-0.2, 0) is 11.2 Å². The molecule has 1 aliphatic heterocycles. The Morgan fingerprint density at radius 3 is 3.12 bits per heavy atom. The Morgan fingerprint density at radius 2 is 2.47 bits per heavy atom. The molecule has 0 bridgehead atoms. The van der Waals surface area contributed by atoms with Gasteiger partial charge in [-0.25, -0.2) is 4.98 Å². The molecule has 3 atom stereocenters. The lowest BCUT2D eigenvalue weighted by Crippen LogP contribution is -2.41. The van der Waals surface area contributed by atoms with Gasteiger partial charge in [0.2, 0.25) is 0 Å². The Balaban J connectivity index is 2.00. The van der Waals surface area contributed by atoms with Crippen molar-refractivity contribution in [3.63, 3.8) is 0 Å². The van der Waals surface area contributed by atoms with Crippen molar-refractivity contribution in [3.05, 3.63) is 16.6 Å². The van der Waals surface area contributed by atoms with Crippen LogP contribution in [0.3, 0.4) is 0 Å². The van der Waals surface area contributed by atoms with Crippen LogP contribution in [0.4, 0.5) is 0 Å². The van der Waals surface area contributed by atoms with E-state index in [1.807, 2.05) is 6.20 Å². The van der Waals surface area contributed by atoms with Gasteiger partial charge in [0.15, 0.2) is 0 Å². The van der Waals surface area contributed by atoms with E-state index >= 15 is 0 Å². The summed E-state index contributed by atoms with van der Waals surface area (Å²) in [4.78, 5) is 4.40. The second kappa shape index (κ2) is 6.47. The van der Waals surface area contributed by atoms with E-state index in [2.05, 4.69) is 29.5 Å². The molecule has 17 heavy (non-hydrogen) atoms. The van der Waals surface area contributed by atoms with Crippen LogP contribution in [0.2, 0.25) is 0 Å². The van der Waals surface area contributed by atoms with Gasteiger partial charge in [-0.2, -0.15) is 0 Å². The number of nitrogens with zero attached hydrogens (tertiary/aromatic N) is 1. The van der Waals surface area contributed by atoms with Gasteiger partial charge in [0.05, 0.1) is 11.1 Å². The van der Waals surface area contributed by atoms with Crippen molar-refractivity contribution >= 4 is 11.3 Å². The van der Waals surface area contributed by atoms with Crippen LogP contribution in [0.25, 0.3) is 0 Å². The largest absolute Gasteiger partial charge is 0.378 e. The maximum atomic E-state index is 5.80. The predicted octanol–water partition coefficient (Wildman–Crippen LogP) is 2.48. The molecule has 1 aromatic heterocycles. The van der Waals surface area contributed by atoms with E-state index in [4.69, 9.17) is 4.74 Å². The minimum Gasteiger partial charge on any atom is -0.378 e. The first-order chi connectivity index (χ1) is 8.35. The molecule has 0 spiro atoms. The van der Waals surface area contributed by atoms with Gasteiger partial charge < -0.3 is 10.1 Å². The number of ether oxygens (including phenoxy) is 1. The fourth-order valence-corrected chi connectivity index (χ4v) is 3.40. The molecule has 3 nitrogen and oxygen atoms in total. The molecule has 1 aliphatic rings. The number of likely N-dealkylation sites (N-methyl/N-ethyl adjacent to an activating group) is 1. The monoisotopic (exact) mass is 254 g/mol. The highest BCUT2D eigenvalue weighted by Crippen LogP contribution is 2.28. The number of thiazole rings is 1. The van der Waals surface area contributed by atoms with Gasteiger partial charge in [-0.1, -0.05) is 13.8 Å². The third-order valence-electron chi connectivity index (χ3n) is 3.52. The SMILES string of the molecule is CCNC(Cc1nccs1)C1CCOC1CC. The molecule has 4 heteroatoms. The van der Waals surface area contributed by atoms with Gasteiger partial charge in [-0.3, -0.25) is 0 Å². The van der Waals surface area contributed by atoms with Crippen LogP contribution in [0.5, 0.6) is 0 Å². The number of hydrogen-bond acceptors (Lipinski definition) is 4. The predicted molar refractivity (Wildman–Crippen MR) is 71.4 cm³/mol. The fourth-order valence-electron chi connectivity index (χ4n) is 2.72. The first-order valence-corrected chi connectivity index (χ1v) is 7.46. The van der Waals surface area contributed by atoms with E-state index in [1.54, 1.807) is 11.3 Å². The summed E-state index contributed by atoms with van der Waals surface area (Å²) in [5.41, 5.74) is 0. The van der Waals surface area contributed by atoms with Crippen LogP contribution in [0.15, 0.2) is 11.6 Å². The molecule has 96 valence electrons. The van der Waals surface area contributed by atoms with Crippen molar-refractivity contribution in [1.82, 2.24) is 10.3 Å². The van der Waals surface area contributed by atoms with Crippen molar-refractivity contribution in [2.24, 2.45) is 5.92 Å². The smallest absolute Gasteiger partial charge is 0.0940 e. The second-order valence-corrected chi connectivity index (χ2v) is 5.54. The summed E-state index contributed by atoms with van der Waals surface area (Å²) in [7, 11) is 0. The molecule has 1 saturated heterocycles. The molecular weight excluding hydrogens is 232 g/mol. The van der Waals surface area contributed by atoms with Crippen LogP contribution < -0.4 is 5.32 Å². The zero-order valence-electron chi connectivity index (χ0n) is 10.7. The van der Waals surface area contributed by atoms with E-state index < -0.39 is 0 Å². The molecule has 1 N–H and O–H groups in total. The maximum Gasteiger partial charge on any atom is 0.0940 e. The Morgan fingerprint density at radius 1 is 1.59 bits per heavy atom. The van der Waals surface area contributed by atoms with Gasteiger partial charge in [0.1, 0.15) is 0 Å². The number of hydrogen-bond donors (Lipinski definition) is 1. The summed E-state index contributed by atoms with van der Waals surface area (Å²) in [5.74, 6) is 0.642. The van der Waals surface area contributed by atoms with Crippen molar-refractivity contribution in [3.8, 4) is 0 Å². The van der Waals surface area contributed by atoms with E-state index in [-0.39, 0.29) is 0 Å². The maximum absolute atomic E-state index is 5.80. The third kappa shape index (κ3) is 3.27. The first-order valence-electron chi connectivity index (χ1n) is 6.58. The standard InChI is InChI=1S/C13H22N2OS/c1-3-12-10(5-7-16-12)11(14-4-2)9-13-15-6-8-17-13/h6,8,10-12,14H,3-5,7,9H2,1-2H3. The average Bonchev–Trinajstić information content (AvgIpc) is 2.98. The molecule has 2 rings (SSSR count). The normalized spacial score (nSPS) is 26.2. The summed E-state index contributed by atoms with van der Waals surface area (Å²) < 4.78 is 5.80. The molecule has 0 saturated carbocycles. The fraction of sp³-hybridized carbons (Fsp3) is 0.769. The Kier molecular flexibility index (Phi) is 4.95. The first kappa shape index (κ1) is 13.0. The Hall–Kier alpha value is -0.450. The Bertz CT molecular complexity index is 315. The summed E-state index contributed by atoms with van der Waals surface area (Å²) in [6, 6.07) is 0.513. The summed E-state index contributed by atoms with van der Waals surface area (Å²) in [5, 5.41) is 6.90. The lowest BCUT2D eigenvalue weighted by molar-refractivity contribution is 0.0776. The van der Waals surface area contributed by atoms with Gasteiger partial charge in [-0.15, -0.1) is 11.3 Å². The molecule has 2 heterocycles. The molecule has 0 aromatic carbocycles. The number of aromatic nitrogens is 1. The molecule has 3 unspecified atom stereocenters. The molecule has 1 aromatic rings. The summed E-state index contributed by atoms with van der Waals surface area (Å²) >= 11 is 1.75. The van der Waals surface area contributed by atoms with Crippen LogP contribution >= 0.6 is 11.3 Å². The van der Waals surface area contributed by atoms with E-state index in [0.29, 0.717) is 18.1 Å². The minimum atomic E-state index is 0.430. The van der Waals surface area contributed by atoms with Crippen molar-refractivity contribution in [2.45, 2.75) is 45.3 Å². The molecule has 1 fully saturated rings. The van der Waals surface area contributed by atoms with Crippen LogP contribution in [0.1, 0.15) is 31.7 Å².